The molecule has 114 valence electrons. The van der Waals surface area contributed by atoms with E-state index in [9.17, 15) is 4.39 Å². The summed E-state index contributed by atoms with van der Waals surface area (Å²) in [7, 11) is 0. The zero-order valence-electron chi connectivity index (χ0n) is 12.1. The lowest BCUT2D eigenvalue weighted by atomic mass is 9.50. The van der Waals surface area contributed by atoms with Gasteiger partial charge in [-0.05, 0) is 85.5 Å². The van der Waals surface area contributed by atoms with E-state index < -0.39 is 0 Å². The topological polar surface area (TPSA) is 38.0 Å². The van der Waals surface area contributed by atoms with Crippen molar-refractivity contribution in [3.8, 4) is 0 Å². The van der Waals surface area contributed by atoms with Crippen LogP contribution in [0, 0.1) is 35.4 Å². The fourth-order valence-corrected chi connectivity index (χ4v) is 5.91. The highest BCUT2D eigenvalue weighted by atomic mass is 35.5. The number of hydrogen-bond acceptors (Lipinski definition) is 2. The number of rotatable bonds is 3. The second kappa shape index (κ2) is 5.22. The maximum absolute atomic E-state index is 13.6. The predicted octanol–water partition coefficient (Wildman–Crippen LogP) is 4.06. The van der Waals surface area contributed by atoms with Crippen molar-refractivity contribution in [2.24, 2.45) is 35.4 Å². The summed E-state index contributed by atoms with van der Waals surface area (Å²) in [6.45, 7) is 0. The van der Waals surface area contributed by atoms with Crippen LogP contribution in [0.3, 0.4) is 0 Å². The predicted molar refractivity (Wildman–Crippen MR) is 82.0 cm³/mol. The van der Waals surface area contributed by atoms with E-state index in [1.807, 2.05) is 0 Å². The number of hydrazine groups is 1. The minimum absolute atomic E-state index is 0.0248. The van der Waals surface area contributed by atoms with Crippen molar-refractivity contribution in [3.05, 3.63) is 34.6 Å². The molecule has 5 rings (SSSR count). The summed E-state index contributed by atoms with van der Waals surface area (Å²) in [5.74, 6) is 9.43. The van der Waals surface area contributed by atoms with Gasteiger partial charge in [-0.3, -0.25) is 11.3 Å². The first kappa shape index (κ1) is 14.0. The van der Waals surface area contributed by atoms with E-state index in [2.05, 4.69) is 5.43 Å². The summed E-state index contributed by atoms with van der Waals surface area (Å²) >= 11 is 6.32. The molecule has 0 amide bonds. The lowest BCUT2D eigenvalue weighted by molar-refractivity contribution is -0.0526. The van der Waals surface area contributed by atoms with Gasteiger partial charge in [-0.15, -0.1) is 0 Å². The minimum atomic E-state index is -0.238. The van der Waals surface area contributed by atoms with Gasteiger partial charge >= 0.3 is 0 Å². The smallest absolute Gasteiger partial charge is 0.123 e. The molecule has 4 fully saturated rings. The summed E-state index contributed by atoms with van der Waals surface area (Å²) in [6, 6.07) is 4.59. The van der Waals surface area contributed by atoms with Crippen LogP contribution in [-0.4, -0.2) is 0 Å². The molecular weight excluding hydrogens is 287 g/mol. The fourth-order valence-electron chi connectivity index (χ4n) is 5.67. The summed E-state index contributed by atoms with van der Waals surface area (Å²) in [5.41, 5.74) is 3.79. The Labute approximate surface area is 130 Å². The first-order valence-corrected chi connectivity index (χ1v) is 8.44. The number of benzene rings is 1. The molecule has 1 aromatic carbocycles. The Morgan fingerprint density at radius 3 is 2.29 bits per heavy atom. The van der Waals surface area contributed by atoms with Crippen LogP contribution < -0.4 is 11.3 Å². The Morgan fingerprint density at radius 1 is 1.10 bits per heavy atom. The summed E-state index contributed by atoms with van der Waals surface area (Å²) in [4.78, 5) is 0. The molecule has 1 unspecified atom stereocenters. The molecule has 3 N–H and O–H groups in total. The molecule has 4 heteroatoms. The minimum Gasteiger partial charge on any atom is -0.271 e. The zero-order valence-corrected chi connectivity index (χ0v) is 12.8. The second-order valence-corrected chi connectivity index (χ2v) is 7.73. The first-order chi connectivity index (χ1) is 10.2. The Bertz CT molecular complexity index is 520. The van der Waals surface area contributed by atoms with Crippen molar-refractivity contribution >= 4 is 11.6 Å². The van der Waals surface area contributed by atoms with E-state index in [0.29, 0.717) is 10.9 Å². The van der Waals surface area contributed by atoms with Crippen LogP contribution in [0.2, 0.25) is 5.02 Å². The average molecular weight is 309 g/mol. The van der Waals surface area contributed by atoms with Crippen molar-refractivity contribution in [1.29, 1.82) is 0 Å². The SMILES string of the molecule is NNC(c1cc(F)ccc1Cl)C1C2CC3CC(C2)CC1C3. The molecule has 2 nitrogen and oxygen atoms in total. The van der Waals surface area contributed by atoms with Gasteiger partial charge < -0.3 is 0 Å². The average Bonchev–Trinajstić information content (AvgIpc) is 2.45. The van der Waals surface area contributed by atoms with Crippen molar-refractivity contribution in [1.82, 2.24) is 5.43 Å². The van der Waals surface area contributed by atoms with Gasteiger partial charge in [0.25, 0.3) is 0 Å². The van der Waals surface area contributed by atoms with E-state index in [4.69, 9.17) is 17.4 Å². The van der Waals surface area contributed by atoms with Crippen molar-refractivity contribution in [2.75, 3.05) is 0 Å². The van der Waals surface area contributed by atoms with Crippen molar-refractivity contribution < 1.29 is 4.39 Å². The van der Waals surface area contributed by atoms with Gasteiger partial charge in [-0.1, -0.05) is 11.6 Å². The Morgan fingerprint density at radius 2 is 1.71 bits per heavy atom. The highest BCUT2D eigenvalue weighted by Crippen LogP contribution is 2.59. The largest absolute Gasteiger partial charge is 0.271 e. The molecule has 4 aliphatic carbocycles. The van der Waals surface area contributed by atoms with E-state index in [0.717, 1.165) is 29.2 Å². The number of halogens is 2. The molecule has 0 aliphatic heterocycles. The van der Waals surface area contributed by atoms with Crippen molar-refractivity contribution in [2.45, 2.75) is 38.1 Å². The standard InChI is InChI=1S/C17H22ClFN2/c18-15-2-1-13(19)8-14(15)17(21-20)16-11-4-9-3-10(6-11)7-12(16)5-9/h1-2,8-12,16-17,21H,3-7,20H2. The third kappa shape index (κ3) is 2.30. The van der Waals surface area contributed by atoms with Crippen LogP contribution in [-0.2, 0) is 0 Å². The summed E-state index contributed by atoms with van der Waals surface area (Å²) in [5, 5.41) is 0.619. The molecule has 4 saturated carbocycles. The van der Waals surface area contributed by atoms with Gasteiger partial charge in [0.1, 0.15) is 5.82 Å². The van der Waals surface area contributed by atoms with Crippen LogP contribution >= 0.6 is 11.6 Å². The lowest BCUT2D eigenvalue weighted by Gasteiger charge is -2.56. The molecule has 0 aromatic heterocycles. The molecule has 0 heterocycles. The molecule has 1 aromatic rings. The maximum atomic E-state index is 13.6. The molecule has 21 heavy (non-hydrogen) atoms. The second-order valence-electron chi connectivity index (χ2n) is 7.32. The maximum Gasteiger partial charge on any atom is 0.123 e. The molecule has 0 saturated heterocycles. The van der Waals surface area contributed by atoms with E-state index in [1.165, 1.54) is 38.2 Å². The fraction of sp³-hybridized carbons (Fsp3) is 0.647. The first-order valence-electron chi connectivity index (χ1n) is 8.06. The highest BCUT2D eigenvalue weighted by Gasteiger charge is 2.50. The Kier molecular flexibility index (Phi) is 3.48. The van der Waals surface area contributed by atoms with Crippen molar-refractivity contribution in [3.63, 3.8) is 0 Å². The van der Waals surface area contributed by atoms with E-state index in [-0.39, 0.29) is 11.9 Å². The molecular formula is C17H22ClFN2. The molecule has 0 spiro atoms. The normalized spacial score (nSPS) is 38.7. The Balaban J connectivity index is 1.68. The van der Waals surface area contributed by atoms with Gasteiger partial charge in [0.2, 0.25) is 0 Å². The monoisotopic (exact) mass is 308 g/mol. The third-order valence-corrected chi connectivity index (χ3v) is 6.50. The lowest BCUT2D eigenvalue weighted by Crippen LogP contribution is -2.50. The number of nitrogens with one attached hydrogen (secondary N) is 1. The van der Waals surface area contributed by atoms with Crippen LogP contribution in [0.1, 0.15) is 43.7 Å². The molecule has 4 aliphatic rings. The number of hydrogen-bond donors (Lipinski definition) is 2. The molecule has 1 atom stereocenters. The van der Waals surface area contributed by atoms with Gasteiger partial charge in [-0.25, -0.2) is 4.39 Å². The summed E-state index contributed by atoms with van der Waals surface area (Å²) < 4.78 is 13.6. The van der Waals surface area contributed by atoms with Gasteiger partial charge in [-0.2, -0.15) is 0 Å². The third-order valence-electron chi connectivity index (χ3n) is 6.16. The quantitative estimate of drug-likeness (QED) is 0.653. The highest BCUT2D eigenvalue weighted by molar-refractivity contribution is 6.31. The van der Waals surface area contributed by atoms with Crippen LogP contribution in [0.25, 0.3) is 0 Å². The van der Waals surface area contributed by atoms with Crippen LogP contribution in [0.4, 0.5) is 4.39 Å². The van der Waals surface area contributed by atoms with Gasteiger partial charge in [0.05, 0.1) is 6.04 Å². The Hall–Kier alpha value is -0.640. The molecule has 0 radical (unpaired) electrons. The van der Waals surface area contributed by atoms with E-state index in [1.54, 1.807) is 12.1 Å². The van der Waals surface area contributed by atoms with Gasteiger partial charge in [0.15, 0.2) is 0 Å². The molecule has 4 bridgehead atoms. The summed E-state index contributed by atoms with van der Waals surface area (Å²) in [6.07, 6.45) is 6.72. The van der Waals surface area contributed by atoms with Gasteiger partial charge in [0, 0.05) is 5.02 Å². The van der Waals surface area contributed by atoms with Crippen LogP contribution in [0.5, 0.6) is 0 Å². The van der Waals surface area contributed by atoms with Crippen LogP contribution in [0.15, 0.2) is 18.2 Å². The zero-order chi connectivity index (χ0) is 14.6. The van der Waals surface area contributed by atoms with E-state index >= 15 is 0 Å². The number of nitrogens with two attached hydrogens (primary N) is 1.